The number of fused-ring (bicyclic) bond motifs is 3. The van der Waals surface area contributed by atoms with Crippen LogP contribution in [0.3, 0.4) is 0 Å². The second-order valence-corrected chi connectivity index (χ2v) is 23.4. The summed E-state index contributed by atoms with van der Waals surface area (Å²) in [5.74, 6) is -5.92. The zero-order valence-electron chi connectivity index (χ0n) is 46.3. The van der Waals surface area contributed by atoms with E-state index in [0.717, 1.165) is 48.8 Å². The molecule has 2 aromatic rings. The number of nitrogens with one attached hydrogen (secondary N) is 6. The summed E-state index contributed by atoms with van der Waals surface area (Å²) in [5.41, 5.74) is 17.8. The average molecular weight is 1180 g/mol. The average Bonchev–Trinajstić information content (AvgIpc) is 3.93. The SMILES string of the molecule is CCCCC[C@H](O)/C=C/[C@@H]1[C@H]2C/C(=C/CCCC(=O)O)O[C@H]2C[C@H]1O.NC(=O)[C@@H]1CSSCCC(=O)N[C@@H](CCCCN=C(N)N)C(=O)NCC(=O)N[C@@H](CC(=O)O)C(=O)N[C@@H](Cc2c[nH]c3ccccc23)C(=O)N2CCC[C@H]2C(=O)N1. The van der Waals surface area contributed by atoms with Gasteiger partial charge in [-0.15, -0.1) is 0 Å². The molecule has 4 aliphatic rings. The number of aliphatic hydroxyl groups excluding tert-OH is 2. The molecule has 4 fully saturated rings. The number of unbranched alkanes of at least 4 members (excludes halogenated alkanes) is 4. The van der Waals surface area contributed by atoms with Crippen LogP contribution in [0.1, 0.15) is 115 Å². The van der Waals surface area contributed by atoms with Crippen LogP contribution in [0.25, 0.3) is 10.9 Å². The van der Waals surface area contributed by atoms with Crippen LogP contribution in [-0.4, -0.2) is 169 Å². The Hall–Kier alpha value is -6.84. The van der Waals surface area contributed by atoms with Gasteiger partial charge in [0, 0.05) is 85.6 Å². The molecule has 452 valence electrons. The molecule has 27 heteroatoms. The highest BCUT2D eigenvalue weighted by Gasteiger charge is 2.47. The number of H-pyrrole nitrogens is 1. The van der Waals surface area contributed by atoms with Crippen molar-refractivity contribution in [2.75, 3.05) is 31.1 Å². The number of amides is 7. The minimum Gasteiger partial charge on any atom is -0.495 e. The van der Waals surface area contributed by atoms with E-state index in [-0.39, 0.29) is 80.6 Å². The molecular formula is C55H81N11O14S2. The Morgan fingerprint density at radius 2 is 1.66 bits per heavy atom. The van der Waals surface area contributed by atoms with Gasteiger partial charge in [0.15, 0.2) is 5.96 Å². The number of rotatable bonds is 20. The molecule has 1 saturated carbocycles. The van der Waals surface area contributed by atoms with E-state index < -0.39 is 109 Å². The lowest BCUT2D eigenvalue weighted by atomic mass is 9.90. The molecule has 82 heavy (non-hydrogen) atoms. The van der Waals surface area contributed by atoms with E-state index in [9.17, 15) is 58.5 Å². The predicted octanol–water partition coefficient (Wildman–Crippen LogP) is 1.35. The number of carbonyl (C=O) groups excluding carboxylic acids is 7. The molecule has 3 aliphatic heterocycles. The maximum absolute atomic E-state index is 14.3. The minimum absolute atomic E-state index is 0.0195. The first-order valence-electron chi connectivity index (χ1n) is 28.0. The first-order valence-corrected chi connectivity index (χ1v) is 30.5. The molecule has 0 radical (unpaired) electrons. The number of carboxylic acids is 2. The Bertz CT molecular complexity index is 2610. The van der Waals surface area contributed by atoms with Crippen LogP contribution in [0.4, 0.5) is 0 Å². The van der Waals surface area contributed by atoms with Gasteiger partial charge >= 0.3 is 11.9 Å². The van der Waals surface area contributed by atoms with Crippen molar-refractivity contribution in [2.45, 2.75) is 165 Å². The highest BCUT2D eigenvalue weighted by molar-refractivity contribution is 8.76. The van der Waals surface area contributed by atoms with Gasteiger partial charge in [0.1, 0.15) is 36.3 Å². The van der Waals surface area contributed by atoms with Crippen LogP contribution in [0, 0.1) is 11.8 Å². The second kappa shape index (κ2) is 33.9. The van der Waals surface area contributed by atoms with Gasteiger partial charge in [-0.2, -0.15) is 0 Å². The van der Waals surface area contributed by atoms with Crippen LogP contribution in [0.2, 0.25) is 0 Å². The lowest BCUT2D eigenvalue weighted by Crippen LogP contribution is -2.59. The number of benzene rings is 1. The number of aliphatic carboxylic acids is 2. The minimum atomic E-state index is -1.68. The van der Waals surface area contributed by atoms with Crippen LogP contribution in [0.5, 0.6) is 0 Å². The summed E-state index contributed by atoms with van der Waals surface area (Å²) in [7, 11) is 2.45. The van der Waals surface area contributed by atoms with Gasteiger partial charge in [-0.05, 0) is 69.1 Å². The topological polar surface area (TPSA) is 413 Å². The summed E-state index contributed by atoms with van der Waals surface area (Å²) in [5, 5.41) is 52.1. The Morgan fingerprint density at radius 1 is 0.890 bits per heavy atom. The fraction of sp³-hybridized carbons (Fsp3) is 0.600. The van der Waals surface area contributed by atoms with Crippen molar-refractivity contribution in [2.24, 2.45) is 34.0 Å². The lowest BCUT2D eigenvalue weighted by molar-refractivity contribution is -0.143. The normalized spacial score (nSPS) is 26.0. The first-order chi connectivity index (χ1) is 39.2. The van der Waals surface area contributed by atoms with Gasteiger partial charge in [0.25, 0.3) is 0 Å². The fourth-order valence-electron chi connectivity index (χ4n) is 10.2. The number of aliphatic imine (C=N–C) groups is 1. The number of para-hydroxylation sites is 1. The van der Waals surface area contributed by atoms with Crippen molar-refractivity contribution < 1.29 is 68.3 Å². The smallest absolute Gasteiger partial charge is 0.305 e. The number of nitrogens with two attached hydrogens (primary N) is 3. The zero-order valence-corrected chi connectivity index (χ0v) is 47.9. The molecule has 1 aromatic carbocycles. The lowest BCUT2D eigenvalue weighted by Gasteiger charge is -2.30. The van der Waals surface area contributed by atoms with E-state index in [1.807, 2.05) is 36.4 Å². The summed E-state index contributed by atoms with van der Waals surface area (Å²) in [6.07, 6.45) is 14.4. The molecule has 10 atom stereocenters. The van der Waals surface area contributed by atoms with Gasteiger partial charge in [-0.1, -0.05) is 78.1 Å². The second-order valence-electron chi connectivity index (χ2n) is 20.8. The maximum Gasteiger partial charge on any atom is 0.305 e. The van der Waals surface area contributed by atoms with Gasteiger partial charge in [0.2, 0.25) is 41.4 Å². The molecule has 0 bridgehead atoms. The summed E-state index contributed by atoms with van der Waals surface area (Å²) < 4.78 is 5.94. The molecule has 3 saturated heterocycles. The zero-order chi connectivity index (χ0) is 59.7. The van der Waals surface area contributed by atoms with Crippen LogP contribution >= 0.6 is 21.6 Å². The summed E-state index contributed by atoms with van der Waals surface area (Å²) >= 11 is 0. The van der Waals surface area contributed by atoms with E-state index in [1.54, 1.807) is 12.3 Å². The number of ether oxygens (including phenoxy) is 1. The Morgan fingerprint density at radius 3 is 2.39 bits per heavy atom. The molecule has 16 N–H and O–H groups in total. The number of carboxylic acid groups (broad SMARTS) is 2. The standard InChI is InChI=1S/C35H49N11O9S2.C20H32O5/c36-30(51)25-18-57-56-13-10-27(47)42-22(8-3-4-11-39-35(37)38)31(52)41-17-28(48)43-23(15-29(49)50)32(53)44-24(14-19-16-40-21-7-2-1-6-20(19)21)34(55)46-12-5-9-26(46)33(54)45-25;1-2-3-4-7-14(21)10-11-16-17-12-15(8-5-6-9-20(23)24)25-19(17)13-18(16)22/h1-2,6-7,16,22-26,40H,3-5,8-15,17-18H2,(H2,36,51)(H,41,52)(H,42,47)(H,43,48)(H,44,53)(H,45,54)(H,49,50)(H4,37,38,39);8,10-11,14,16-19,21-22H,2-7,9,12-13H2,1H3,(H,23,24)/b;11-10+,15-8-/t22-,23-,24-,25-,26-;14-,16+,17+,18+,19-/m00/s1. The number of allylic oxidation sites excluding steroid dienone is 2. The number of aliphatic hydroxyl groups is 2. The Balaban J connectivity index is 0.000000409. The van der Waals surface area contributed by atoms with Crippen molar-refractivity contribution >= 4 is 91.7 Å². The number of hydrogen-bond acceptors (Lipinski definition) is 15. The predicted molar refractivity (Wildman–Crippen MR) is 309 cm³/mol. The number of nitrogens with zero attached hydrogens (tertiary/aromatic N) is 2. The van der Waals surface area contributed by atoms with Crippen molar-refractivity contribution in [3.63, 3.8) is 0 Å². The van der Waals surface area contributed by atoms with Crippen LogP contribution in [-0.2, 0) is 54.3 Å². The molecule has 25 nitrogen and oxygen atoms in total. The van der Waals surface area contributed by atoms with Crippen molar-refractivity contribution in [1.29, 1.82) is 0 Å². The van der Waals surface area contributed by atoms with Crippen molar-refractivity contribution in [3.05, 3.63) is 60.0 Å². The highest BCUT2D eigenvalue weighted by Crippen LogP contribution is 2.45. The Kier molecular flexibility index (Phi) is 27.3. The third kappa shape index (κ3) is 21.5. The molecule has 1 aliphatic carbocycles. The molecule has 0 spiro atoms. The van der Waals surface area contributed by atoms with Crippen LogP contribution < -0.4 is 43.8 Å². The van der Waals surface area contributed by atoms with E-state index in [0.29, 0.717) is 44.1 Å². The van der Waals surface area contributed by atoms with E-state index in [2.05, 4.69) is 43.5 Å². The van der Waals surface area contributed by atoms with Gasteiger partial charge in [-0.25, -0.2) is 0 Å². The quantitative estimate of drug-likeness (QED) is 0.0293. The summed E-state index contributed by atoms with van der Waals surface area (Å²) in [6, 6.07) is 1.07. The number of primary amides is 1. The summed E-state index contributed by atoms with van der Waals surface area (Å²) in [4.78, 5) is 124. The van der Waals surface area contributed by atoms with Gasteiger partial charge in [0.05, 0.1) is 30.9 Å². The molecule has 0 unspecified atom stereocenters. The third-order valence-corrected chi connectivity index (χ3v) is 16.9. The van der Waals surface area contributed by atoms with E-state index in [1.165, 1.54) is 26.5 Å². The third-order valence-electron chi connectivity index (χ3n) is 14.5. The Labute approximate surface area is 484 Å². The molecule has 6 rings (SSSR count). The maximum atomic E-state index is 14.3. The number of aromatic nitrogens is 1. The monoisotopic (exact) mass is 1180 g/mol. The summed E-state index contributed by atoms with van der Waals surface area (Å²) in [6.45, 7) is 1.91. The molecular weight excluding hydrogens is 1100 g/mol. The fourth-order valence-corrected chi connectivity index (χ4v) is 12.4. The molecule has 7 amide bonds. The van der Waals surface area contributed by atoms with Crippen molar-refractivity contribution in [3.8, 4) is 0 Å². The molecule has 4 heterocycles. The van der Waals surface area contributed by atoms with Crippen molar-refractivity contribution in [1.82, 2.24) is 36.5 Å². The number of carbonyl (C=O) groups is 9. The van der Waals surface area contributed by atoms with Gasteiger partial charge in [-0.3, -0.25) is 48.1 Å². The number of aromatic amines is 1. The molecule has 1 aromatic heterocycles. The van der Waals surface area contributed by atoms with Gasteiger partial charge < -0.3 is 78.8 Å². The van der Waals surface area contributed by atoms with E-state index in [4.69, 9.17) is 27.0 Å². The number of hydrogen-bond donors (Lipinski definition) is 13. The largest absolute Gasteiger partial charge is 0.495 e. The van der Waals surface area contributed by atoms with Crippen LogP contribution in [0.15, 0.2) is 59.4 Å². The highest BCUT2D eigenvalue weighted by atomic mass is 33.1. The number of guanidine groups is 1. The van der Waals surface area contributed by atoms with E-state index >= 15 is 0 Å². The first kappa shape index (κ1) is 66.0.